The number of phenolic OH excluding ortho intramolecular Hbond substituents is 1. The van der Waals surface area contributed by atoms with Gasteiger partial charge in [-0.3, -0.25) is 4.98 Å². The first kappa shape index (κ1) is 16.7. The fraction of sp³-hybridized carbons (Fsp3) is 0.111. The molecule has 25 heavy (non-hydrogen) atoms. The molecule has 3 aromatic rings. The standard InChI is InChI=1S/C18H14ClN3O3/c1-24-16-6-12-15(7-17(16)25-2)21-9-10(8-20)18(12)22-14-4-3-11(23)5-13(14)19/h3-7,9,23H,1-2H3,(H,21,22). The maximum absolute atomic E-state index is 9.50. The maximum Gasteiger partial charge on any atom is 0.162 e. The van der Waals surface area contributed by atoms with E-state index in [1.165, 1.54) is 25.4 Å². The topological polar surface area (TPSA) is 87.4 Å². The molecule has 2 aromatic carbocycles. The molecule has 0 aliphatic rings. The molecule has 0 aliphatic carbocycles. The predicted molar refractivity (Wildman–Crippen MR) is 96.0 cm³/mol. The molecule has 0 atom stereocenters. The highest BCUT2D eigenvalue weighted by molar-refractivity contribution is 6.33. The number of halogens is 1. The van der Waals surface area contributed by atoms with Crippen LogP contribution in [0.15, 0.2) is 36.5 Å². The van der Waals surface area contributed by atoms with Crippen LogP contribution in [0.2, 0.25) is 5.02 Å². The summed E-state index contributed by atoms with van der Waals surface area (Å²) in [6.45, 7) is 0. The van der Waals surface area contributed by atoms with E-state index in [2.05, 4.69) is 16.4 Å². The zero-order valence-electron chi connectivity index (χ0n) is 13.5. The molecule has 3 rings (SSSR count). The van der Waals surface area contributed by atoms with Crippen LogP contribution in [0.5, 0.6) is 17.2 Å². The van der Waals surface area contributed by atoms with Gasteiger partial charge in [-0.15, -0.1) is 0 Å². The number of phenols is 1. The molecule has 0 radical (unpaired) electrons. The van der Waals surface area contributed by atoms with E-state index >= 15 is 0 Å². The van der Waals surface area contributed by atoms with Gasteiger partial charge in [-0.1, -0.05) is 11.6 Å². The Kier molecular flexibility index (Phi) is 4.50. The molecule has 0 aliphatic heterocycles. The van der Waals surface area contributed by atoms with Gasteiger partial charge in [-0.05, 0) is 18.2 Å². The van der Waals surface area contributed by atoms with E-state index in [0.717, 1.165) is 0 Å². The SMILES string of the molecule is COc1cc2ncc(C#N)c(Nc3ccc(O)cc3Cl)c2cc1OC. The summed E-state index contributed by atoms with van der Waals surface area (Å²) in [6, 6.07) is 10.2. The van der Waals surface area contributed by atoms with Crippen LogP contribution in [-0.2, 0) is 0 Å². The predicted octanol–water partition coefficient (Wildman–Crippen LogP) is 4.23. The molecule has 1 aromatic heterocycles. The van der Waals surface area contributed by atoms with Crippen molar-refractivity contribution in [2.45, 2.75) is 0 Å². The van der Waals surface area contributed by atoms with Crippen molar-refractivity contribution in [3.05, 3.63) is 47.1 Å². The Morgan fingerprint density at radius 2 is 1.88 bits per heavy atom. The third-order valence-corrected chi connectivity index (χ3v) is 4.02. The number of rotatable bonds is 4. The van der Waals surface area contributed by atoms with E-state index in [4.69, 9.17) is 21.1 Å². The van der Waals surface area contributed by atoms with Crippen LogP contribution in [0, 0.1) is 11.3 Å². The van der Waals surface area contributed by atoms with Gasteiger partial charge in [-0.2, -0.15) is 5.26 Å². The molecule has 7 heteroatoms. The van der Waals surface area contributed by atoms with Gasteiger partial charge in [0.2, 0.25) is 0 Å². The van der Waals surface area contributed by atoms with Crippen LogP contribution in [0.25, 0.3) is 10.9 Å². The summed E-state index contributed by atoms with van der Waals surface area (Å²) in [7, 11) is 3.08. The molecule has 0 spiro atoms. The number of fused-ring (bicyclic) bond motifs is 1. The van der Waals surface area contributed by atoms with Gasteiger partial charge in [0.1, 0.15) is 11.8 Å². The van der Waals surface area contributed by atoms with E-state index in [0.29, 0.717) is 44.4 Å². The van der Waals surface area contributed by atoms with E-state index in [1.807, 2.05) is 0 Å². The first-order chi connectivity index (χ1) is 12.1. The fourth-order valence-electron chi connectivity index (χ4n) is 2.48. The number of nitriles is 1. The van der Waals surface area contributed by atoms with Crippen molar-refractivity contribution in [2.24, 2.45) is 0 Å². The highest BCUT2D eigenvalue weighted by atomic mass is 35.5. The van der Waals surface area contributed by atoms with Gasteiger partial charge in [0, 0.05) is 23.7 Å². The van der Waals surface area contributed by atoms with Gasteiger partial charge in [0.05, 0.1) is 41.7 Å². The van der Waals surface area contributed by atoms with Crippen LogP contribution in [0.3, 0.4) is 0 Å². The molecular weight excluding hydrogens is 342 g/mol. The summed E-state index contributed by atoms with van der Waals surface area (Å²) in [6.07, 6.45) is 1.48. The van der Waals surface area contributed by atoms with Gasteiger partial charge in [0.25, 0.3) is 0 Å². The number of aromatic hydroxyl groups is 1. The minimum absolute atomic E-state index is 0.0575. The molecule has 2 N–H and O–H groups in total. The normalized spacial score (nSPS) is 10.3. The van der Waals surface area contributed by atoms with Gasteiger partial charge in [-0.25, -0.2) is 0 Å². The van der Waals surface area contributed by atoms with Crippen LogP contribution >= 0.6 is 11.6 Å². The van der Waals surface area contributed by atoms with Crippen molar-refractivity contribution in [3.63, 3.8) is 0 Å². The van der Waals surface area contributed by atoms with Crippen molar-refractivity contribution in [1.82, 2.24) is 4.98 Å². The Morgan fingerprint density at radius 3 is 2.52 bits per heavy atom. The van der Waals surface area contributed by atoms with Gasteiger partial charge < -0.3 is 19.9 Å². The largest absolute Gasteiger partial charge is 0.508 e. The molecule has 0 saturated heterocycles. The Balaban J connectivity index is 2.22. The van der Waals surface area contributed by atoms with Crippen molar-refractivity contribution < 1.29 is 14.6 Å². The number of ether oxygens (including phenoxy) is 2. The molecule has 0 amide bonds. The summed E-state index contributed by atoms with van der Waals surface area (Å²) >= 11 is 6.17. The number of benzene rings is 2. The monoisotopic (exact) mass is 355 g/mol. The number of nitrogens with one attached hydrogen (secondary N) is 1. The van der Waals surface area contributed by atoms with Gasteiger partial charge in [0.15, 0.2) is 11.5 Å². The first-order valence-corrected chi connectivity index (χ1v) is 7.65. The second kappa shape index (κ2) is 6.75. The molecule has 0 saturated carbocycles. The third-order valence-electron chi connectivity index (χ3n) is 3.71. The molecular formula is C18H14ClN3O3. The lowest BCUT2D eigenvalue weighted by Gasteiger charge is -2.15. The number of anilines is 2. The number of methoxy groups -OCH3 is 2. The van der Waals surface area contributed by atoms with E-state index in [9.17, 15) is 10.4 Å². The highest BCUT2D eigenvalue weighted by Crippen LogP contribution is 2.38. The molecule has 1 heterocycles. The molecule has 0 bridgehead atoms. The Bertz CT molecular complexity index is 999. The zero-order valence-corrected chi connectivity index (χ0v) is 14.3. The Labute approximate surface area is 149 Å². The van der Waals surface area contributed by atoms with E-state index in [1.54, 1.807) is 25.3 Å². The minimum atomic E-state index is 0.0575. The molecule has 6 nitrogen and oxygen atoms in total. The average Bonchev–Trinajstić information content (AvgIpc) is 2.62. The number of hydrogen-bond donors (Lipinski definition) is 2. The molecule has 126 valence electrons. The summed E-state index contributed by atoms with van der Waals surface area (Å²) in [4.78, 5) is 4.30. The Morgan fingerprint density at radius 1 is 1.16 bits per heavy atom. The van der Waals surface area contributed by atoms with Gasteiger partial charge >= 0.3 is 0 Å². The van der Waals surface area contributed by atoms with E-state index in [-0.39, 0.29) is 5.75 Å². The molecule has 0 fully saturated rings. The summed E-state index contributed by atoms with van der Waals surface area (Å²) in [5.41, 5.74) is 2.08. The lowest BCUT2D eigenvalue weighted by Crippen LogP contribution is -1.99. The van der Waals surface area contributed by atoms with Crippen molar-refractivity contribution in [1.29, 1.82) is 5.26 Å². The van der Waals surface area contributed by atoms with Crippen LogP contribution in [-0.4, -0.2) is 24.3 Å². The number of pyridine rings is 1. The summed E-state index contributed by atoms with van der Waals surface area (Å²) in [5.74, 6) is 1.12. The second-order valence-electron chi connectivity index (χ2n) is 5.17. The Hall–Kier alpha value is -3.17. The third kappa shape index (κ3) is 3.10. The van der Waals surface area contributed by atoms with Crippen LogP contribution in [0.1, 0.15) is 5.56 Å². The van der Waals surface area contributed by atoms with Crippen LogP contribution in [0.4, 0.5) is 11.4 Å². The van der Waals surface area contributed by atoms with Crippen molar-refractivity contribution >= 4 is 33.9 Å². The number of hydrogen-bond acceptors (Lipinski definition) is 6. The first-order valence-electron chi connectivity index (χ1n) is 7.27. The lowest BCUT2D eigenvalue weighted by atomic mass is 10.1. The summed E-state index contributed by atoms with van der Waals surface area (Å²) in [5, 5.41) is 23.1. The molecule has 0 unspecified atom stereocenters. The average molecular weight is 356 g/mol. The van der Waals surface area contributed by atoms with Crippen molar-refractivity contribution in [3.8, 4) is 23.3 Å². The zero-order chi connectivity index (χ0) is 18.0. The highest BCUT2D eigenvalue weighted by Gasteiger charge is 2.15. The quantitative estimate of drug-likeness (QED) is 0.681. The lowest BCUT2D eigenvalue weighted by molar-refractivity contribution is 0.356. The minimum Gasteiger partial charge on any atom is -0.508 e. The smallest absolute Gasteiger partial charge is 0.162 e. The van der Waals surface area contributed by atoms with E-state index < -0.39 is 0 Å². The number of aromatic nitrogens is 1. The maximum atomic E-state index is 9.50. The second-order valence-corrected chi connectivity index (χ2v) is 5.58. The number of nitrogens with zero attached hydrogens (tertiary/aromatic N) is 2. The van der Waals surface area contributed by atoms with Crippen molar-refractivity contribution in [2.75, 3.05) is 19.5 Å². The fourth-order valence-corrected chi connectivity index (χ4v) is 2.70. The summed E-state index contributed by atoms with van der Waals surface area (Å²) < 4.78 is 10.6. The van der Waals surface area contributed by atoms with Crippen LogP contribution < -0.4 is 14.8 Å².